The van der Waals surface area contributed by atoms with E-state index in [1.807, 2.05) is 12.1 Å². The number of benzene rings is 1. The Morgan fingerprint density at radius 2 is 2.27 bits per heavy atom. The number of morpholine rings is 1. The molecule has 0 radical (unpaired) electrons. The van der Waals surface area contributed by atoms with E-state index in [0.717, 1.165) is 31.4 Å². The van der Waals surface area contributed by atoms with Gasteiger partial charge in [0.05, 0.1) is 31.0 Å². The zero-order valence-electron chi connectivity index (χ0n) is 12.5. The zero-order valence-corrected chi connectivity index (χ0v) is 13.3. The van der Waals surface area contributed by atoms with Crippen LogP contribution in [0.4, 0.5) is 0 Å². The Morgan fingerprint density at radius 3 is 3.00 bits per heavy atom. The lowest BCUT2D eigenvalue weighted by atomic mass is 9.93. The van der Waals surface area contributed by atoms with Crippen molar-refractivity contribution in [2.24, 2.45) is 5.92 Å². The van der Waals surface area contributed by atoms with Gasteiger partial charge in [0.1, 0.15) is 0 Å². The highest BCUT2D eigenvalue weighted by Gasteiger charge is 2.37. The number of aliphatic hydroxyl groups is 1. The van der Waals surface area contributed by atoms with Crippen LogP contribution >= 0.6 is 11.6 Å². The van der Waals surface area contributed by atoms with Gasteiger partial charge in [0.25, 0.3) is 0 Å². The third kappa shape index (κ3) is 3.28. The third-order valence-corrected chi connectivity index (χ3v) is 5.11. The van der Waals surface area contributed by atoms with Crippen LogP contribution in [0, 0.1) is 17.2 Å². The Morgan fingerprint density at radius 1 is 1.41 bits per heavy atom. The van der Waals surface area contributed by atoms with Crippen molar-refractivity contribution in [3.05, 3.63) is 34.3 Å². The fourth-order valence-corrected chi connectivity index (χ4v) is 3.85. The van der Waals surface area contributed by atoms with Gasteiger partial charge in [0, 0.05) is 30.1 Å². The minimum Gasteiger partial charge on any atom is -0.393 e. The normalized spacial score (nSPS) is 29.4. The molecule has 0 amide bonds. The molecule has 3 rings (SSSR count). The summed E-state index contributed by atoms with van der Waals surface area (Å²) < 4.78 is 5.65. The van der Waals surface area contributed by atoms with Gasteiger partial charge in [-0.2, -0.15) is 5.26 Å². The second-order valence-electron chi connectivity index (χ2n) is 6.19. The summed E-state index contributed by atoms with van der Waals surface area (Å²) in [5.41, 5.74) is 1.62. The van der Waals surface area contributed by atoms with E-state index < -0.39 is 0 Å². The number of rotatable bonds is 3. The number of nitrogens with zero attached hydrogens (tertiary/aromatic N) is 2. The van der Waals surface area contributed by atoms with Crippen LogP contribution in [0.3, 0.4) is 0 Å². The van der Waals surface area contributed by atoms with Crippen molar-refractivity contribution in [2.75, 3.05) is 19.8 Å². The van der Waals surface area contributed by atoms with Crippen molar-refractivity contribution >= 4 is 11.6 Å². The van der Waals surface area contributed by atoms with Gasteiger partial charge < -0.3 is 9.84 Å². The van der Waals surface area contributed by atoms with E-state index in [1.54, 1.807) is 6.07 Å². The number of halogens is 1. The van der Waals surface area contributed by atoms with Gasteiger partial charge in [-0.1, -0.05) is 24.1 Å². The molecule has 0 bridgehead atoms. The Kier molecular flexibility index (Phi) is 5.00. The molecule has 2 fully saturated rings. The fourth-order valence-electron chi connectivity index (χ4n) is 3.68. The maximum atomic E-state index is 10.2. The van der Waals surface area contributed by atoms with Crippen LogP contribution in [-0.2, 0) is 11.3 Å². The number of aliphatic hydroxyl groups excluding tert-OH is 1. The molecule has 22 heavy (non-hydrogen) atoms. The van der Waals surface area contributed by atoms with Crippen LogP contribution in [0.25, 0.3) is 0 Å². The van der Waals surface area contributed by atoms with Crippen LogP contribution in [-0.4, -0.2) is 41.9 Å². The zero-order chi connectivity index (χ0) is 15.5. The summed E-state index contributed by atoms with van der Waals surface area (Å²) in [4.78, 5) is 2.35. The van der Waals surface area contributed by atoms with E-state index in [9.17, 15) is 10.4 Å². The molecule has 5 heteroatoms. The van der Waals surface area contributed by atoms with E-state index in [4.69, 9.17) is 16.3 Å². The number of hydrogen-bond acceptors (Lipinski definition) is 4. The summed E-state index contributed by atoms with van der Waals surface area (Å²) in [5, 5.41) is 20.1. The highest BCUT2D eigenvalue weighted by atomic mass is 35.5. The van der Waals surface area contributed by atoms with Gasteiger partial charge in [-0.25, -0.2) is 0 Å². The minimum absolute atomic E-state index is 0.227. The highest BCUT2D eigenvalue weighted by molar-refractivity contribution is 6.30. The van der Waals surface area contributed by atoms with Gasteiger partial charge >= 0.3 is 0 Å². The molecule has 3 atom stereocenters. The lowest BCUT2D eigenvalue weighted by Gasteiger charge is -2.40. The number of hydrogen-bond donors (Lipinski definition) is 1. The summed E-state index contributed by atoms with van der Waals surface area (Å²) in [6.45, 7) is 2.91. The molecule has 0 spiro atoms. The SMILES string of the molecule is N#Cc1cc(Cl)ccc1CN1CCOC[C@@H]1[C@H]1CCC[C@H]1O. The van der Waals surface area contributed by atoms with Crippen molar-refractivity contribution in [3.8, 4) is 6.07 Å². The average Bonchev–Trinajstić information content (AvgIpc) is 2.95. The standard InChI is InChI=1S/C17H21ClN2O2/c18-14-5-4-12(13(8-14)9-19)10-20-6-7-22-11-16(20)15-2-1-3-17(15)21/h4-5,8,15-17,21H,1-3,6-7,10-11H2/t15-,16-,17-/m1/s1. The molecule has 118 valence electrons. The third-order valence-electron chi connectivity index (χ3n) is 4.87. The Bertz CT molecular complexity index is 572. The second-order valence-corrected chi connectivity index (χ2v) is 6.62. The molecule has 1 saturated heterocycles. The Labute approximate surface area is 136 Å². The lowest BCUT2D eigenvalue weighted by Crippen LogP contribution is -2.50. The Hall–Kier alpha value is -1.12. The molecule has 2 aliphatic rings. The second kappa shape index (κ2) is 6.97. The molecular weight excluding hydrogens is 300 g/mol. The van der Waals surface area contributed by atoms with E-state index in [-0.39, 0.29) is 18.1 Å². The quantitative estimate of drug-likeness (QED) is 0.930. The summed E-state index contributed by atoms with van der Waals surface area (Å²) in [6.07, 6.45) is 2.80. The van der Waals surface area contributed by atoms with Crippen LogP contribution in [0.5, 0.6) is 0 Å². The molecule has 1 aromatic carbocycles. The molecule has 1 aliphatic carbocycles. The summed E-state index contributed by atoms with van der Waals surface area (Å²) in [6, 6.07) is 7.94. The van der Waals surface area contributed by atoms with Crippen molar-refractivity contribution in [1.82, 2.24) is 4.90 Å². The molecule has 0 aromatic heterocycles. The lowest BCUT2D eigenvalue weighted by molar-refractivity contribution is -0.0536. The van der Waals surface area contributed by atoms with E-state index in [0.29, 0.717) is 30.3 Å². The molecule has 0 unspecified atom stereocenters. The van der Waals surface area contributed by atoms with Gasteiger partial charge in [-0.3, -0.25) is 4.90 Å². The first kappa shape index (κ1) is 15.8. The van der Waals surface area contributed by atoms with Gasteiger partial charge in [-0.15, -0.1) is 0 Å². The van der Waals surface area contributed by atoms with Gasteiger partial charge in [-0.05, 0) is 30.5 Å². The van der Waals surface area contributed by atoms with Gasteiger partial charge in [0.2, 0.25) is 0 Å². The molecule has 1 aliphatic heterocycles. The fraction of sp³-hybridized carbons (Fsp3) is 0.588. The maximum absolute atomic E-state index is 10.2. The summed E-state index contributed by atoms with van der Waals surface area (Å²) in [7, 11) is 0. The summed E-state index contributed by atoms with van der Waals surface area (Å²) in [5.74, 6) is 0.276. The van der Waals surface area contributed by atoms with Crippen molar-refractivity contribution in [3.63, 3.8) is 0 Å². The molecule has 4 nitrogen and oxygen atoms in total. The van der Waals surface area contributed by atoms with E-state index in [1.165, 1.54) is 0 Å². The first-order chi connectivity index (χ1) is 10.7. The monoisotopic (exact) mass is 320 g/mol. The summed E-state index contributed by atoms with van der Waals surface area (Å²) >= 11 is 5.97. The van der Waals surface area contributed by atoms with E-state index in [2.05, 4.69) is 11.0 Å². The smallest absolute Gasteiger partial charge is 0.0995 e. The topological polar surface area (TPSA) is 56.5 Å². The van der Waals surface area contributed by atoms with Crippen LogP contribution < -0.4 is 0 Å². The van der Waals surface area contributed by atoms with Crippen molar-refractivity contribution < 1.29 is 9.84 Å². The maximum Gasteiger partial charge on any atom is 0.0995 e. The van der Waals surface area contributed by atoms with Crippen LogP contribution in [0.15, 0.2) is 18.2 Å². The van der Waals surface area contributed by atoms with Crippen LogP contribution in [0.2, 0.25) is 5.02 Å². The predicted octanol–water partition coefficient (Wildman–Crippen LogP) is 2.57. The van der Waals surface area contributed by atoms with Gasteiger partial charge in [0.15, 0.2) is 0 Å². The molecule has 1 N–H and O–H groups in total. The molecule has 1 aromatic rings. The van der Waals surface area contributed by atoms with Crippen molar-refractivity contribution in [2.45, 2.75) is 38.0 Å². The van der Waals surface area contributed by atoms with E-state index >= 15 is 0 Å². The first-order valence-electron chi connectivity index (χ1n) is 7.87. The largest absolute Gasteiger partial charge is 0.393 e. The number of ether oxygens (including phenoxy) is 1. The average molecular weight is 321 g/mol. The van der Waals surface area contributed by atoms with Crippen LogP contribution in [0.1, 0.15) is 30.4 Å². The predicted molar refractivity (Wildman–Crippen MR) is 84.5 cm³/mol. The number of nitriles is 1. The molecular formula is C17H21ClN2O2. The Balaban J connectivity index is 1.78. The van der Waals surface area contributed by atoms with Crippen molar-refractivity contribution in [1.29, 1.82) is 5.26 Å². The molecule has 1 saturated carbocycles. The first-order valence-corrected chi connectivity index (χ1v) is 8.25. The molecule has 1 heterocycles. The minimum atomic E-state index is -0.227. The highest BCUT2D eigenvalue weighted by Crippen LogP contribution is 2.33.